The van der Waals surface area contributed by atoms with E-state index in [1.165, 1.54) is 0 Å². The number of hydrogen-bond donors (Lipinski definition) is 2. The van der Waals surface area contributed by atoms with Gasteiger partial charge in [-0.25, -0.2) is 24.2 Å². The van der Waals surface area contributed by atoms with E-state index in [9.17, 15) is 27.6 Å². The molecule has 0 aliphatic carbocycles. The summed E-state index contributed by atoms with van der Waals surface area (Å²) in [6, 6.07) is 7.54. The Kier molecular flexibility index (Phi) is 11.0. The number of alkyl halides is 3. The normalized spacial score (nSPS) is 14.0. The molecule has 0 aliphatic rings. The first-order valence-corrected chi connectivity index (χ1v) is 11.2. The number of ether oxygens (including phenoxy) is 1. The molecule has 8 nitrogen and oxygen atoms in total. The first kappa shape index (κ1) is 30.2. The lowest BCUT2D eigenvalue weighted by Gasteiger charge is -2.30. The van der Waals surface area contributed by atoms with E-state index in [-0.39, 0.29) is 25.0 Å². The molecule has 0 aromatic heterocycles. The van der Waals surface area contributed by atoms with Crippen molar-refractivity contribution in [3.8, 4) is 0 Å². The topological polar surface area (TPSA) is 103 Å². The summed E-state index contributed by atoms with van der Waals surface area (Å²) in [7, 11) is 0. The molecular formula is C24H35F3N2O6. The van der Waals surface area contributed by atoms with Crippen LogP contribution in [0.15, 0.2) is 30.3 Å². The molecule has 1 aromatic rings. The number of halogens is 3. The molecule has 1 aromatic carbocycles. The molecule has 0 spiro atoms. The second-order valence-electron chi connectivity index (χ2n) is 10.7. The molecule has 0 aliphatic heterocycles. The van der Waals surface area contributed by atoms with Crippen LogP contribution in [0.1, 0.15) is 59.9 Å². The van der Waals surface area contributed by atoms with Gasteiger partial charge in [-0.15, -0.1) is 0 Å². The predicted molar refractivity (Wildman–Crippen MR) is 122 cm³/mol. The number of benzene rings is 1. The van der Waals surface area contributed by atoms with Gasteiger partial charge in [-0.1, -0.05) is 71.9 Å². The Bertz CT molecular complexity index is 832. The van der Waals surface area contributed by atoms with Crippen molar-refractivity contribution in [3.05, 3.63) is 35.9 Å². The molecule has 11 heteroatoms. The van der Waals surface area contributed by atoms with Gasteiger partial charge in [0, 0.05) is 12.6 Å². The molecule has 0 heterocycles. The average Bonchev–Trinajstić information content (AvgIpc) is 2.71. The molecule has 0 fully saturated rings. The van der Waals surface area contributed by atoms with E-state index in [2.05, 4.69) is 20.4 Å². The van der Waals surface area contributed by atoms with Crippen LogP contribution in [0.5, 0.6) is 0 Å². The fourth-order valence-corrected chi connectivity index (χ4v) is 3.16. The van der Waals surface area contributed by atoms with Gasteiger partial charge in [0.25, 0.3) is 0 Å². The van der Waals surface area contributed by atoms with Crippen LogP contribution in [-0.4, -0.2) is 42.8 Å². The lowest BCUT2D eigenvalue weighted by molar-refractivity contribution is -0.287. The second kappa shape index (κ2) is 12.8. The monoisotopic (exact) mass is 504 g/mol. The molecular weight excluding hydrogens is 469 g/mol. The van der Waals surface area contributed by atoms with E-state index < -0.39 is 41.7 Å². The molecule has 2 atom stereocenters. The van der Waals surface area contributed by atoms with Crippen molar-refractivity contribution < 1.29 is 42.1 Å². The third-order valence-corrected chi connectivity index (χ3v) is 4.54. The Morgan fingerprint density at radius 2 is 1.46 bits per heavy atom. The fourth-order valence-electron chi connectivity index (χ4n) is 3.16. The summed E-state index contributed by atoms with van der Waals surface area (Å²) in [4.78, 5) is 43.4. The van der Waals surface area contributed by atoms with Crippen LogP contribution in [0.2, 0.25) is 0 Å². The highest BCUT2D eigenvalue weighted by Crippen LogP contribution is 2.24. The maximum atomic E-state index is 12.4. The first-order valence-electron chi connectivity index (χ1n) is 11.2. The minimum absolute atomic E-state index is 0.0753. The third kappa shape index (κ3) is 13.6. The number of amides is 1. The number of rotatable bonds is 9. The zero-order valence-electron chi connectivity index (χ0n) is 21.0. The molecule has 1 rings (SSSR count). The molecule has 1 amide bonds. The van der Waals surface area contributed by atoms with Crippen LogP contribution in [0.25, 0.3) is 0 Å². The molecule has 2 N–H and O–H groups in total. The van der Waals surface area contributed by atoms with Crippen molar-refractivity contribution >= 4 is 18.0 Å². The van der Waals surface area contributed by atoms with E-state index in [0.717, 1.165) is 5.56 Å². The zero-order valence-corrected chi connectivity index (χ0v) is 21.0. The Hall–Kier alpha value is -2.82. The van der Waals surface area contributed by atoms with E-state index in [1.54, 1.807) is 0 Å². The van der Waals surface area contributed by atoms with E-state index in [4.69, 9.17) is 4.74 Å². The fraction of sp³-hybridized carbons (Fsp3) is 0.625. The summed E-state index contributed by atoms with van der Waals surface area (Å²) in [6.07, 6.45) is -5.29. The maximum absolute atomic E-state index is 12.4. The summed E-state index contributed by atoms with van der Waals surface area (Å²) < 4.78 is 42.3. The van der Waals surface area contributed by atoms with Gasteiger partial charge in [-0.3, -0.25) is 0 Å². The van der Waals surface area contributed by atoms with Gasteiger partial charge in [0.1, 0.15) is 12.6 Å². The van der Waals surface area contributed by atoms with Gasteiger partial charge in [-0.2, -0.15) is 13.2 Å². The summed E-state index contributed by atoms with van der Waals surface area (Å²) in [5.74, 6) is -3.81. The largest absolute Gasteiger partial charge is 0.495 e. The van der Waals surface area contributed by atoms with Crippen molar-refractivity contribution in [2.45, 2.75) is 79.3 Å². The highest BCUT2D eigenvalue weighted by atomic mass is 19.4. The van der Waals surface area contributed by atoms with Gasteiger partial charge in [0.05, 0.1) is 0 Å². The molecule has 35 heavy (non-hydrogen) atoms. The van der Waals surface area contributed by atoms with Crippen LogP contribution in [-0.2, 0) is 30.7 Å². The minimum Gasteiger partial charge on any atom is -0.445 e. The Morgan fingerprint density at radius 3 is 1.97 bits per heavy atom. The van der Waals surface area contributed by atoms with Crippen molar-refractivity contribution in [1.82, 2.24) is 10.6 Å². The van der Waals surface area contributed by atoms with Crippen molar-refractivity contribution in [2.75, 3.05) is 6.54 Å². The standard InChI is InChI=1S/C24H35F3N2O6/c1-22(2,3)12-17(29-21(32)33-15-16-10-8-7-9-11-16)14-28-18(13-23(4,5)6)19(30)34-35-20(31)24(25,26)27/h7-11,17-18,28H,12-15H2,1-6H3,(H,29,32)/t17-,18?/m0/s1. The summed E-state index contributed by atoms with van der Waals surface area (Å²) in [5, 5.41) is 5.68. The smallest absolute Gasteiger partial charge is 0.445 e. The highest BCUT2D eigenvalue weighted by Gasteiger charge is 2.43. The molecule has 0 saturated carbocycles. The Labute approximate surface area is 203 Å². The second-order valence-corrected chi connectivity index (χ2v) is 10.7. The van der Waals surface area contributed by atoms with Crippen LogP contribution >= 0.6 is 0 Å². The molecule has 198 valence electrons. The van der Waals surface area contributed by atoms with Crippen molar-refractivity contribution in [2.24, 2.45) is 10.8 Å². The van der Waals surface area contributed by atoms with E-state index in [1.807, 2.05) is 71.9 Å². The van der Waals surface area contributed by atoms with Crippen LogP contribution in [0, 0.1) is 10.8 Å². The Morgan fingerprint density at radius 1 is 0.886 bits per heavy atom. The number of carbonyl (C=O) groups excluding carboxylic acids is 3. The van der Waals surface area contributed by atoms with Gasteiger partial charge < -0.3 is 15.4 Å². The first-order chi connectivity index (χ1) is 16.0. The van der Waals surface area contributed by atoms with E-state index >= 15 is 0 Å². The van der Waals surface area contributed by atoms with Crippen LogP contribution in [0.4, 0.5) is 18.0 Å². The number of carbonyl (C=O) groups is 3. The minimum atomic E-state index is -5.30. The quantitative estimate of drug-likeness (QED) is 0.372. The lowest BCUT2D eigenvalue weighted by Crippen LogP contribution is -2.50. The maximum Gasteiger partial charge on any atom is 0.495 e. The SMILES string of the molecule is CC(C)(C)CC(NC[C@H](CC(C)(C)C)NC(=O)OCc1ccccc1)C(=O)OOC(=O)C(F)(F)F. The predicted octanol–water partition coefficient (Wildman–Crippen LogP) is 4.68. The third-order valence-electron chi connectivity index (χ3n) is 4.54. The number of nitrogens with one attached hydrogen (secondary N) is 2. The summed E-state index contributed by atoms with van der Waals surface area (Å²) in [5.41, 5.74) is 0.183. The zero-order chi connectivity index (χ0) is 26.9. The molecule has 1 unspecified atom stereocenters. The van der Waals surface area contributed by atoms with Crippen molar-refractivity contribution in [1.29, 1.82) is 0 Å². The number of hydrogen-bond acceptors (Lipinski definition) is 7. The van der Waals surface area contributed by atoms with Crippen LogP contribution < -0.4 is 10.6 Å². The molecule has 0 saturated heterocycles. The average molecular weight is 505 g/mol. The molecule has 0 bridgehead atoms. The van der Waals surface area contributed by atoms with Gasteiger partial charge >= 0.3 is 24.2 Å². The van der Waals surface area contributed by atoms with Gasteiger partial charge in [0.2, 0.25) is 0 Å². The Balaban J connectivity index is 2.81. The van der Waals surface area contributed by atoms with Gasteiger partial charge in [0.15, 0.2) is 0 Å². The summed E-state index contributed by atoms with van der Waals surface area (Å²) >= 11 is 0. The summed E-state index contributed by atoms with van der Waals surface area (Å²) in [6.45, 7) is 11.5. The molecule has 0 radical (unpaired) electrons. The van der Waals surface area contributed by atoms with Crippen molar-refractivity contribution in [3.63, 3.8) is 0 Å². The number of alkyl carbamates (subject to hydrolysis) is 1. The lowest BCUT2D eigenvalue weighted by atomic mass is 9.86. The van der Waals surface area contributed by atoms with E-state index in [0.29, 0.717) is 6.42 Å². The highest BCUT2D eigenvalue weighted by molar-refractivity contribution is 5.79. The van der Waals surface area contributed by atoms with Gasteiger partial charge in [-0.05, 0) is 29.2 Å². The van der Waals surface area contributed by atoms with Crippen LogP contribution in [0.3, 0.4) is 0 Å².